The van der Waals surface area contributed by atoms with E-state index >= 15 is 0 Å². The Morgan fingerprint density at radius 3 is 2.08 bits per heavy atom. The van der Waals surface area contributed by atoms with Crippen molar-refractivity contribution in [2.24, 2.45) is 11.7 Å². The van der Waals surface area contributed by atoms with Gasteiger partial charge in [-0.05, 0) is 42.6 Å². The lowest BCUT2D eigenvalue weighted by Crippen LogP contribution is -2.34. The van der Waals surface area contributed by atoms with Gasteiger partial charge < -0.3 is 5.73 Å². The van der Waals surface area contributed by atoms with Crippen LogP contribution in [0.3, 0.4) is 0 Å². The molecule has 13 heavy (non-hydrogen) atoms. The number of hydrogen-bond acceptors (Lipinski definition) is 4. The zero-order valence-electron chi connectivity index (χ0n) is 8.79. The summed E-state index contributed by atoms with van der Waals surface area (Å²) in [5.74, 6) is 4.25. The Hall–Kier alpha value is 1.01. The molecular weight excluding hydrogens is 218 g/mol. The van der Waals surface area contributed by atoms with Crippen molar-refractivity contribution in [1.29, 1.82) is 0 Å². The third kappa shape index (κ3) is 7.00. The summed E-state index contributed by atoms with van der Waals surface area (Å²) < 4.78 is 0. The largest absolute Gasteiger partial charge is 0.327 e. The van der Waals surface area contributed by atoms with E-state index in [2.05, 4.69) is 18.8 Å². The SMILES string of the molecule is CSCCC(CSC)C(N)CSC. The van der Waals surface area contributed by atoms with Gasteiger partial charge in [0.25, 0.3) is 0 Å². The van der Waals surface area contributed by atoms with E-state index in [0.717, 1.165) is 5.75 Å². The molecule has 0 bridgehead atoms. The topological polar surface area (TPSA) is 26.0 Å². The first-order valence-corrected chi connectivity index (χ1v) is 8.66. The highest BCUT2D eigenvalue weighted by molar-refractivity contribution is 7.99. The van der Waals surface area contributed by atoms with Gasteiger partial charge >= 0.3 is 0 Å². The molecule has 4 heteroatoms. The molecule has 0 saturated carbocycles. The minimum absolute atomic E-state index is 0.384. The van der Waals surface area contributed by atoms with Gasteiger partial charge in [-0.15, -0.1) is 0 Å². The van der Waals surface area contributed by atoms with Crippen LogP contribution in [0.4, 0.5) is 0 Å². The van der Waals surface area contributed by atoms with Crippen LogP contribution in [0.1, 0.15) is 6.42 Å². The van der Waals surface area contributed by atoms with E-state index in [0.29, 0.717) is 12.0 Å². The molecule has 0 rings (SSSR count). The van der Waals surface area contributed by atoms with E-state index in [1.54, 1.807) is 0 Å². The molecule has 2 N–H and O–H groups in total. The summed E-state index contributed by atoms with van der Waals surface area (Å²) in [5, 5.41) is 0. The second-order valence-corrected chi connectivity index (χ2v) is 5.92. The molecule has 80 valence electrons. The van der Waals surface area contributed by atoms with Gasteiger partial charge in [-0.1, -0.05) is 0 Å². The van der Waals surface area contributed by atoms with Crippen LogP contribution in [0.5, 0.6) is 0 Å². The zero-order chi connectivity index (χ0) is 10.1. The Kier molecular flexibility index (Phi) is 10.3. The van der Waals surface area contributed by atoms with Gasteiger partial charge in [-0.2, -0.15) is 35.3 Å². The van der Waals surface area contributed by atoms with Crippen molar-refractivity contribution in [2.45, 2.75) is 12.5 Å². The molecule has 0 aromatic carbocycles. The van der Waals surface area contributed by atoms with E-state index in [-0.39, 0.29) is 0 Å². The molecule has 0 amide bonds. The summed E-state index contributed by atoms with van der Waals surface area (Å²) in [4.78, 5) is 0. The Labute approximate surface area is 95.4 Å². The van der Waals surface area contributed by atoms with E-state index in [1.165, 1.54) is 17.9 Å². The van der Waals surface area contributed by atoms with Gasteiger partial charge in [0.15, 0.2) is 0 Å². The van der Waals surface area contributed by atoms with Gasteiger partial charge in [-0.25, -0.2) is 0 Å². The molecule has 2 unspecified atom stereocenters. The normalized spacial score (nSPS) is 15.7. The monoisotopic (exact) mass is 239 g/mol. The van der Waals surface area contributed by atoms with Crippen molar-refractivity contribution in [1.82, 2.24) is 0 Å². The molecule has 0 aromatic rings. The van der Waals surface area contributed by atoms with Gasteiger partial charge in [0.2, 0.25) is 0 Å². The van der Waals surface area contributed by atoms with Crippen LogP contribution in [0.15, 0.2) is 0 Å². The molecule has 2 atom stereocenters. The van der Waals surface area contributed by atoms with Crippen LogP contribution in [-0.2, 0) is 0 Å². The van der Waals surface area contributed by atoms with Crippen LogP contribution >= 0.6 is 35.3 Å². The smallest absolute Gasteiger partial charge is 0.0167 e. The predicted molar refractivity (Wildman–Crippen MR) is 71.2 cm³/mol. The van der Waals surface area contributed by atoms with Crippen LogP contribution in [0.25, 0.3) is 0 Å². The van der Waals surface area contributed by atoms with Crippen LogP contribution in [-0.4, -0.2) is 42.1 Å². The summed E-state index contributed by atoms with van der Waals surface area (Å²) >= 11 is 5.69. The fourth-order valence-electron chi connectivity index (χ4n) is 1.23. The van der Waals surface area contributed by atoms with Crippen molar-refractivity contribution in [2.75, 3.05) is 36.0 Å². The van der Waals surface area contributed by atoms with Crippen molar-refractivity contribution >= 4 is 35.3 Å². The highest BCUT2D eigenvalue weighted by Crippen LogP contribution is 2.17. The number of thioether (sulfide) groups is 3. The van der Waals surface area contributed by atoms with E-state index in [1.807, 2.05) is 35.3 Å². The highest BCUT2D eigenvalue weighted by Gasteiger charge is 2.15. The van der Waals surface area contributed by atoms with Crippen molar-refractivity contribution < 1.29 is 0 Å². The van der Waals surface area contributed by atoms with Crippen molar-refractivity contribution in [3.63, 3.8) is 0 Å². The van der Waals surface area contributed by atoms with E-state index < -0.39 is 0 Å². The maximum absolute atomic E-state index is 6.11. The van der Waals surface area contributed by atoms with Gasteiger partial charge in [-0.3, -0.25) is 0 Å². The first-order chi connectivity index (χ1) is 6.26. The van der Waals surface area contributed by atoms with E-state index in [9.17, 15) is 0 Å². The standard InChI is InChI=1S/C9H21NS3/c1-11-5-4-8(6-12-2)9(10)7-13-3/h8-9H,4-7,10H2,1-3H3. The average Bonchev–Trinajstić information content (AvgIpc) is 2.12. The maximum Gasteiger partial charge on any atom is 0.0167 e. The first-order valence-electron chi connectivity index (χ1n) is 4.48. The van der Waals surface area contributed by atoms with Crippen LogP contribution < -0.4 is 5.73 Å². The van der Waals surface area contributed by atoms with Gasteiger partial charge in [0.1, 0.15) is 0 Å². The molecule has 0 saturated heterocycles. The third-order valence-corrected chi connectivity index (χ3v) is 4.16. The summed E-state index contributed by atoms with van der Waals surface area (Å²) in [5.41, 5.74) is 6.11. The molecular formula is C9H21NS3. The minimum Gasteiger partial charge on any atom is -0.327 e. The third-order valence-electron chi connectivity index (χ3n) is 2.04. The first kappa shape index (κ1) is 14.0. The summed E-state index contributed by atoms with van der Waals surface area (Å²) in [7, 11) is 0. The van der Waals surface area contributed by atoms with Gasteiger partial charge in [0, 0.05) is 11.8 Å². The van der Waals surface area contributed by atoms with Crippen molar-refractivity contribution in [3.8, 4) is 0 Å². The fourth-order valence-corrected chi connectivity index (χ4v) is 3.27. The number of nitrogens with two attached hydrogens (primary N) is 1. The quantitative estimate of drug-likeness (QED) is 0.703. The summed E-state index contributed by atoms with van der Waals surface area (Å²) in [6, 6.07) is 0.384. The lowest BCUT2D eigenvalue weighted by Gasteiger charge is -2.22. The number of hydrogen-bond donors (Lipinski definition) is 1. The lowest BCUT2D eigenvalue weighted by atomic mass is 10.0. The summed E-state index contributed by atoms with van der Waals surface area (Å²) in [6.07, 6.45) is 7.72. The Morgan fingerprint density at radius 1 is 1.00 bits per heavy atom. The molecule has 1 nitrogen and oxygen atoms in total. The molecule has 0 aromatic heterocycles. The molecule has 0 aliphatic carbocycles. The molecule has 0 fully saturated rings. The zero-order valence-corrected chi connectivity index (χ0v) is 11.2. The molecule has 0 aliphatic heterocycles. The van der Waals surface area contributed by atoms with E-state index in [4.69, 9.17) is 5.73 Å². The average molecular weight is 239 g/mol. The van der Waals surface area contributed by atoms with Gasteiger partial charge in [0.05, 0.1) is 0 Å². The second kappa shape index (κ2) is 9.56. The lowest BCUT2D eigenvalue weighted by molar-refractivity contribution is 0.487. The molecule has 0 heterocycles. The summed E-state index contributed by atoms with van der Waals surface area (Å²) in [6.45, 7) is 0. The van der Waals surface area contributed by atoms with Crippen LogP contribution in [0.2, 0.25) is 0 Å². The minimum atomic E-state index is 0.384. The Bertz CT molecular complexity index is 111. The van der Waals surface area contributed by atoms with Crippen LogP contribution in [0, 0.1) is 5.92 Å². The Morgan fingerprint density at radius 2 is 1.62 bits per heavy atom. The second-order valence-electron chi connectivity index (χ2n) is 3.12. The number of rotatable bonds is 8. The highest BCUT2D eigenvalue weighted by atomic mass is 32.2. The predicted octanol–water partition coefficient (Wildman–Crippen LogP) is 2.41. The molecule has 0 aliphatic rings. The molecule has 0 spiro atoms. The Balaban J connectivity index is 3.75. The van der Waals surface area contributed by atoms with Crippen molar-refractivity contribution in [3.05, 3.63) is 0 Å². The maximum atomic E-state index is 6.11. The fraction of sp³-hybridized carbons (Fsp3) is 1.00. The molecule has 0 radical (unpaired) electrons.